The minimum atomic E-state index is -5.05. The predicted molar refractivity (Wildman–Crippen MR) is 115 cm³/mol. The number of carbonyl (C=O) groups is 3. The highest BCUT2D eigenvalue weighted by atomic mass is 19.4. The van der Waals surface area contributed by atoms with Crippen molar-refractivity contribution in [2.45, 2.75) is 56.9 Å². The van der Waals surface area contributed by atoms with E-state index in [1.54, 1.807) is 0 Å². The molecule has 0 saturated heterocycles. The summed E-state index contributed by atoms with van der Waals surface area (Å²) in [7, 11) is 2.13. The van der Waals surface area contributed by atoms with Crippen LogP contribution in [-0.2, 0) is 34.2 Å². The molecule has 0 aromatic heterocycles. The van der Waals surface area contributed by atoms with E-state index in [2.05, 4.69) is 0 Å². The zero-order valence-corrected chi connectivity index (χ0v) is 19.4. The Bertz CT molecular complexity index is 942. The lowest BCUT2D eigenvalue weighted by Gasteiger charge is -2.41. The van der Waals surface area contributed by atoms with Crippen LogP contribution in [-0.4, -0.2) is 44.2 Å². The molecule has 0 bridgehead atoms. The van der Waals surface area contributed by atoms with Gasteiger partial charge in [0.2, 0.25) is 0 Å². The van der Waals surface area contributed by atoms with Gasteiger partial charge in [-0.3, -0.25) is 9.59 Å². The number of halogens is 3. The average Bonchev–Trinajstić information content (AvgIpc) is 2.79. The molecule has 3 rings (SSSR count). The van der Waals surface area contributed by atoms with Crippen molar-refractivity contribution in [3.05, 3.63) is 47.5 Å². The third-order valence-corrected chi connectivity index (χ3v) is 7.03. The van der Waals surface area contributed by atoms with Gasteiger partial charge in [0.15, 0.2) is 5.78 Å². The van der Waals surface area contributed by atoms with Crippen LogP contribution in [0.2, 0.25) is 0 Å². The number of methoxy groups -OCH3 is 2. The van der Waals surface area contributed by atoms with Gasteiger partial charge in [0.05, 0.1) is 7.11 Å². The van der Waals surface area contributed by atoms with Crippen LogP contribution in [0.4, 0.5) is 13.2 Å². The Hall–Kier alpha value is -2.68. The molecule has 0 spiro atoms. The number of rotatable bonds is 7. The van der Waals surface area contributed by atoms with Gasteiger partial charge in [-0.2, -0.15) is 13.2 Å². The van der Waals surface area contributed by atoms with E-state index in [-0.39, 0.29) is 47.9 Å². The summed E-state index contributed by atoms with van der Waals surface area (Å²) in [5, 5.41) is 0. The summed E-state index contributed by atoms with van der Waals surface area (Å²) in [5.74, 6) is -2.35. The summed E-state index contributed by atoms with van der Waals surface area (Å²) < 4.78 is 57.3. The minimum Gasteiger partial charge on any atom is -0.469 e. The number of esters is 2. The van der Waals surface area contributed by atoms with Crippen molar-refractivity contribution in [3.8, 4) is 0 Å². The fourth-order valence-electron chi connectivity index (χ4n) is 5.16. The standard InChI is InChI=1S/C25H29F3O6/c1-15-19(11-12-22(30)32-2)20-10-9-18(13-16(20)14-21(15)29)34-23(31)24(33-3,25(26,27)28)17-7-5-4-6-8-17/h4-8,14-15,18-20H,9-13H2,1-3H3/t15-,18+,19+,20+,24-/m1/s1. The summed E-state index contributed by atoms with van der Waals surface area (Å²) >= 11 is 0. The number of benzene rings is 1. The summed E-state index contributed by atoms with van der Waals surface area (Å²) in [6.45, 7) is 1.82. The third-order valence-electron chi connectivity index (χ3n) is 7.03. The number of fused-ring (bicyclic) bond motifs is 1. The molecule has 0 radical (unpaired) electrons. The Morgan fingerprint density at radius 1 is 1.09 bits per heavy atom. The smallest absolute Gasteiger partial charge is 0.432 e. The molecule has 9 heteroatoms. The van der Waals surface area contributed by atoms with Crippen LogP contribution in [0.15, 0.2) is 42.0 Å². The number of allylic oxidation sites excluding steroid dienone is 1. The van der Waals surface area contributed by atoms with Gasteiger partial charge in [-0.05, 0) is 37.2 Å². The molecule has 2 aliphatic carbocycles. The third kappa shape index (κ3) is 4.89. The van der Waals surface area contributed by atoms with Crippen LogP contribution in [0.3, 0.4) is 0 Å². The highest BCUT2D eigenvalue weighted by Gasteiger charge is 2.64. The number of ether oxygens (including phenoxy) is 3. The van der Waals surface area contributed by atoms with Crippen LogP contribution in [0.25, 0.3) is 0 Å². The minimum absolute atomic E-state index is 0.00349. The van der Waals surface area contributed by atoms with E-state index >= 15 is 0 Å². The number of ketones is 1. The van der Waals surface area contributed by atoms with Gasteiger partial charge in [0, 0.05) is 31.4 Å². The van der Waals surface area contributed by atoms with Crippen LogP contribution < -0.4 is 0 Å². The number of carbonyl (C=O) groups excluding carboxylic acids is 3. The molecular formula is C25H29F3O6. The van der Waals surface area contributed by atoms with E-state index in [0.29, 0.717) is 19.3 Å². The lowest BCUT2D eigenvalue weighted by molar-refractivity contribution is -0.278. The predicted octanol–water partition coefficient (Wildman–Crippen LogP) is 4.52. The topological polar surface area (TPSA) is 78.9 Å². The van der Waals surface area contributed by atoms with Crippen molar-refractivity contribution in [2.24, 2.45) is 17.8 Å². The second-order valence-corrected chi connectivity index (χ2v) is 8.85. The maximum Gasteiger partial charge on any atom is 0.432 e. The summed E-state index contributed by atoms with van der Waals surface area (Å²) in [5.41, 5.74) is -2.87. The van der Waals surface area contributed by atoms with Gasteiger partial charge in [0.25, 0.3) is 5.60 Å². The maximum atomic E-state index is 14.1. The molecule has 1 fully saturated rings. The molecule has 5 atom stereocenters. The Morgan fingerprint density at radius 2 is 1.76 bits per heavy atom. The normalized spacial score (nSPS) is 26.6. The highest BCUT2D eigenvalue weighted by molar-refractivity contribution is 5.93. The molecule has 0 aliphatic heterocycles. The quantitative estimate of drug-likeness (QED) is 0.532. The van der Waals surface area contributed by atoms with Crippen LogP contribution in [0, 0.1) is 17.8 Å². The molecule has 1 saturated carbocycles. The van der Waals surface area contributed by atoms with Gasteiger partial charge >= 0.3 is 18.1 Å². The Labute approximate surface area is 196 Å². The van der Waals surface area contributed by atoms with Crippen molar-refractivity contribution < 1.29 is 41.8 Å². The van der Waals surface area contributed by atoms with Crippen molar-refractivity contribution in [3.63, 3.8) is 0 Å². The van der Waals surface area contributed by atoms with E-state index in [4.69, 9.17) is 14.2 Å². The molecule has 0 unspecified atom stereocenters. The lowest BCUT2D eigenvalue weighted by Crippen LogP contribution is -2.52. The maximum absolute atomic E-state index is 14.1. The van der Waals surface area contributed by atoms with E-state index in [1.165, 1.54) is 43.5 Å². The SMILES string of the molecule is COC(=O)CC[C@H]1[C@@H](C)C(=O)C=C2C[C@@H](OC(=O)[C@](OC)(c3ccccc3)C(F)(F)F)CC[C@@H]21. The van der Waals surface area contributed by atoms with Gasteiger partial charge in [-0.15, -0.1) is 0 Å². The van der Waals surface area contributed by atoms with E-state index in [9.17, 15) is 27.6 Å². The average molecular weight is 482 g/mol. The molecule has 6 nitrogen and oxygen atoms in total. The summed E-state index contributed by atoms with van der Waals surface area (Å²) in [6, 6.07) is 6.66. The zero-order valence-electron chi connectivity index (χ0n) is 19.4. The van der Waals surface area contributed by atoms with Crippen LogP contribution in [0.5, 0.6) is 0 Å². The Kier molecular flexibility index (Phi) is 7.85. The largest absolute Gasteiger partial charge is 0.469 e. The highest BCUT2D eigenvalue weighted by Crippen LogP contribution is 2.47. The first-order valence-corrected chi connectivity index (χ1v) is 11.2. The lowest BCUT2D eigenvalue weighted by atomic mass is 9.65. The number of alkyl halides is 3. The first-order valence-electron chi connectivity index (χ1n) is 11.2. The Morgan fingerprint density at radius 3 is 2.35 bits per heavy atom. The second-order valence-electron chi connectivity index (χ2n) is 8.85. The molecular weight excluding hydrogens is 453 g/mol. The molecule has 34 heavy (non-hydrogen) atoms. The monoisotopic (exact) mass is 482 g/mol. The molecule has 186 valence electrons. The first-order chi connectivity index (χ1) is 16.0. The fraction of sp³-hybridized carbons (Fsp3) is 0.560. The molecule has 0 amide bonds. The molecule has 0 heterocycles. The summed E-state index contributed by atoms with van der Waals surface area (Å²) in [6.07, 6.45) is -2.66. The molecule has 1 aromatic carbocycles. The van der Waals surface area contributed by atoms with Crippen molar-refractivity contribution in [1.29, 1.82) is 0 Å². The van der Waals surface area contributed by atoms with Crippen molar-refractivity contribution >= 4 is 17.7 Å². The Balaban J connectivity index is 1.79. The molecule has 1 aromatic rings. The molecule has 0 N–H and O–H groups in total. The zero-order chi connectivity index (χ0) is 25.1. The van der Waals surface area contributed by atoms with Gasteiger partial charge < -0.3 is 14.2 Å². The van der Waals surface area contributed by atoms with E-state index in [0.717, 1.165) is 12.7 Å². The van der Waals surface area contributed by atoms with Gasteiger partial charge in [-0.1, -0.05) is 42.8 Å². The van der Waals surface area contributed by atoms with Crippen LogP contribution >= 0.6 is 0 Å². The molecule has 2 aliphatic rings. The van der Waals surface area contributed by atoms with Gasteiger partial charge in [0.1, 0.15) is 6.10 Å². The first kappa shape index (κ1) is 25.9. The van der Waals surface area contributed by atoms with Crippen molar-refractivity contribution in [2.75, 3.05) is 14.2 Å². The fourth-order valence-corrected chi connectivity index (χ4v) is 5.16. The van der Waals surface area contributed by atoms with Crippen molar-refractivity contribution in [1.82, 2.24) is 0 Å². The van der Waals surface area contributed by atoms with Crippen LogP contribution in [0.1, 0.15) is 44.6 Å². The number of hydrogen-bond donors (Lipinski definition) is 0. The summed E-state index contributed by atoms with van der Waals surface area (Å²) in [4.78, 5) is 37.1. The van der Waals surface area contributed by atoms with Gasteiger partial charge in [-0.25, -0.2) is 4.79 Å². The van der Waals surface area contributed by atoms with E-state index in [1.807, 2.05) is 6.92 Å². The second kappa shape index (κ2) is 10.3. The number of hydrogen-bond acceptors (Lipinski definition) is 6. The van der Waals surface area contributed by atoms with E-state index < -0.39 is 23.9 Å².